The minimum absolute atomic E-state index is 0.0680. The highest BCUT2D eigenvalue weighted by Gasteiger charge is 2.62. The second kappa shape index (κ2) is 5.76. The normalized spacial score (nSPS) is 21.5. The van der Waals surface area contributed by atoms with Crippen LogP contribution in [0.25, 0.3) is 0 Å². The van der Waals surface area contributed by atoms with Gasteiger partial charge >= 0.3 is 0 Å². The molecule has 1 unspecified atom stereocenters. The van der Waals surface area contributed by atoms with Gasteiger partial charge in [-0.25, -0.2) is 4.98 Å². The van der Waals surface area contributed by atoms with E-state index in [1.54, 1.807) is 6.33 Å². The van der Waals surface area contributed by atoms with Crippen LogP contribution in [0.1, 0.15) is 37.2 Å². The number of amides is 1. The predicted molar refractivity (Wildman–Crippen MR) is 95.9 cm³/mol. The van der Waals surface area contributed by atoms with Crippen LogP contribution in [0.5, 0.6) is 0 Å². The van der Waals surface area contributed by atoms with Crippen molar-refractivity contribution in [3.8, 4) is 0 Å². The van der Waals surface area contributed by atoms with E-state index >= 15 is 0 Å². The number of aromatic nitrogens is 2. The molecule has 1 aliphatic rings. The van der Waals surface area contributed by atoms with Crippen LogP contribution in [0.2, 0.25) is 0 Å². The third-order valence-corrected chi connectivity index (χ3v) is 5.82. The van der Waals surface area contributed by atoms with Crippen LogP contribution < -0.4 is 0 Å². The molecular formula is C20H27N3O. The molecule has 1 saturated carbocycles. The molecule has 4 nitrogen and oxygen atoms in total. The van der Waals surface area contributed by atoms with Gasteiger partial charge in [0.05, 0.1) is 12.0 Å². The fourth-order valence-electron chi connectivity index (χ4n) is 3.78. The first-order valence-electron chi connectivity index (χ1n) is 8.55. The van der Waals surface area contributed by atoms with Gasteiger partial charge in [-0.2, -0.15) is 0 Å². The fourth-order valence-corrected chi connectivity index (χ4v) is 3.78. The van der Waals surface area contributed by atoms with Gasteiger partial charge in [0, 0.05) is 24.7 Å². The average molecular weight is 325 g/mol. The van der Waals surface area contributed by atoms with Crippen LogP contribution >= 0.6 is 0 Å². The minimum atomic E-state index is 0.0680. The van der Waals surface area contributed by atoms with Crippen LogP contribution in [0.3, 0.4) is 0 Å². The van der Waals surface area contributed by atoms with E-state index in [1.807, 2.05) is 36.4 Å². The van der Waals surface area contributed by atoms with Crippen LogP contribution in [-0.2, 0) is 16.8 Å². The first-order valence-corrected chi connectivity index (χ1v) is 8.55. The van der Waals surface area contributed by atoms with E-state index in [2.05, 4.69) is 43.1 Å². The van der Waals surface area contributed by atoms with Gasteiger partial charge in [0.15, 0.2) is 0 Å². The SMILES string of the molecule is Cc1ncn(CC(=O)N(C)CC2(c3ccccc3)CC2(C)C)c1C. The lowest BCUT2D eigenvalue weighted by Crippen LogP contribution is -2.38. The van der Waals surface area contributed by atoms with Crippen LogP contribution in [-0.4, -0.2) is 34.0 Å². The average Bonchev–Trinajstić information content (AvgIpc) is 2.98. The van der Waals surface area contributed by atoms with Crippen LogP contribution in [0, 0.1) is 19.3 Å². The minimum Gasteiger partial charge on any atom is -0.343 e. The lowest BCUT2D eigenvalue weighted by Gasteiger charge is -2.28. The number of carbonyl (C=O) groups excluding carboxylic acids is 1. The van der Waals surface area contributed by atoms with E-state index in [9.17, 15) is 4.79 Å². The molecule has 1 aliphatic carbocycles. The standard InChI is InChI=1S/C20H27N3O/c1-15-16(2)23(14-21-15)11-18(24)22(5)13-20(12-19(20,3)4)17-9-7-6-8-10-17/h6-10,14H,11-13H2,1-5H3. The predicted octanol–water partition coefficient (Wildman–Crippen LogP) is 3.33. The molecule has 1 aromatic carbocycles. The number of carbonyl (C=O) groups is 1. The number of imidazole rings is 1. The van der Waals surface area contributed by atoms with Gasteiger partial charge in [0.25, 0.3) is 0 Å². The number of likely N-dealkylation sites (N-methyl/N-ethyl adjacent to an activating group) is 1. The van der Waals surface area contributed by atoms with Crippen molar-refractivity contribution in [2.24, 2.45) is 5.41 Å². The molecule has 1 aromatic heterocycles. The van der Waals surface area contributed by atoms with Gasteiger partial charge in [-0.3, -0.25) is 4.79 Å². The number of rotatable bonds is 5. The van der Waals surface area contributed by atoms with Crippen molar-refractivity contribution in [2.75, 3.05) is 13.6 Å². The maximum Gasteiger partial charge on any atom is 0.242 e. The van der Waals surface area contributed by atoms with E-state index < -0.39 is 0 Å². The van der Waals surface area contributed by atoms with Crippen LogP contribution in [0.15, 0.2) is 36.7 Å². The second-order valence-corrected chi connectivity index (χ2v) is 7.80. The van der Waals surface area contributed by atoms with Crippen molar-refractivity contribution in [2.45, 2.75) is 46.1 Å². The maximum absolute atomic E-state index is 12.7. The van der Waals surface area contributed by atoms with Crippen molar-refractivity contribution in [3.63, 3.8) is 0 Å². The molecule has 0 N–H and O–H groups in total. The van der Waals surface area contributed by atoms with E-state index in [4.69, 9.17) is 0 Å². The van der Waals surface area contributed by atoms with E-state index in [-0.39, 0.29) is 16.7 Å². The van der Waals surface area contributed by atoms with Gasteiger partial charge in [-0.05, 0) is 31.2 Å². The molecule has 24 heavy (non-hydrogen) atoms. The summed E-state index contributed by atoms with van der Waals surface area (Å²) < 4.78 is 1.93. The monoisotopic (exact) mass is 325 g/mol. The summed E-state index contributed by atoms with van der Waals surface area (Å²) in [5.74, 6) is 0.133. The number of nitrogens with zero attached hydrogens (tertiary/aromatic N) is 3. The molecular weight excluding hydrogens is 298 g/mol. The summed E-state index contributed by atoms with van der Waals surface area (Å²) >= 11 is 0. The molecule has 4 heteroatoms. The van der Waals surface area contributed by atoms with Crippen molar-refractivity contribution >= 4 is 5.91 Å². The first kappa shape index (κ1) is 16.7. The largest absolute Gasteiger partial charge is 0.343 e. The highest BCUT2D eigenvalue weighted by atomic mass is 16.2. The number of benzene rings is 1. The smallest absolute Gasteiger partial charge is 0.242 e. The van der Waals surface area contributed by atoms with E-state index in [1.165, 1.54) is 5.56 Å². The Balaban J connectivity index is 1.74. The van der Waals surface area contributed by atoms with Crippen LogP contribution in [0.4, 0.5) is 0 Å². The summed E-state index contributed by atoms with van der Waals surface area (Å²) in [4.78, 5) is 18.9. The van der Waals surface area contributed by atoms with Gasteiger partial charge in [-0.15, -0.1) is 0 Å². The number of hydrogen-bond acceptors (Lipinski definition) is 2. The van der Waals surface area contributed by atoms with Crippen molar-refractivity contribution in [3.05, 3.63) is 53.6 Å². The van der Waals surface area contributed by atoms with Crippen molar-refractivity contribution in [1.29, 1.82) is 0 Å². The molecule has 0 bridgehead atoms. The third-order valence-electron chi connectivity index (χ3n) is 5.82. The van der Waals surface area contributed by atoms with E-state index in [0.29, 0.717) is 6.54 Å². The Morgan fingerprint density at radius 3 is 2.38 bits per heavy atom. The summed E-state index contributed by atoms with van der Waals surface area (Å²) in [6.07, 6.45) is 2.87. The fraction of sp³-hybridized carbons (Fsp3) is 0.500. The molecule has 0 radical (unpaired) electrons. The molecule has 1 fully saturated rings. The van der Waals surface area contributed by atoms with Crippen molar-refractivity contribution in [1.82, 2.24) is 14.5 Å². The molecule has 128 valence electrons. The molecule has 1 heterocycles. The van der Waals surface area contributed by atoms with Crippen molar-refractivity contribution < 1.29 is 4.79 Å². The highest BCUT2D eigenvalue weighted by Crippen LogP contribution is 2.64. The molecule has 1 amide bonds. The summed E-state index contributed by atoms with van der Waals surface area (Å²) in [5.41, 5.74) is 3.67. The van der Waals surface area contributed by atoms with Gasteiger partial charge < -0.3 is 9.47 Å². The first-order chi connectivity index (χ1) is 11.3. The zero-order valence-corrected chi connectivity index (χ0v) is 15.3. The third kappa shape index (κ3) is 2.74. The number of aryl methyl sites for hydroxylation is 1. The Labute approximate surface area is 144 Å². The summed E-state index contributed by atoms with van der Waals surface area (Å²) in [7, 11) is 1.92. The van der Waals surface area contributed by atoms with Gasteiger partial charge in [0.2, 0.25) is 5.91 Å². The molecule has 0 saturated heterocycles. The Morgan fingerprint density at radius 2 is 1.88 bits per heavy atom. The molecule has 0 spiro atoms. The zero-order chi connectivity index (χ0) is 17.5. The summed E-state index contributed by atoms with van der Waals surface area (Å²) in [6, 6.07) is 10.6. The Hall–Kier alpha value is -2.10. The molecule has 0 aliphatic heterocycles. The molecule has 2 aromatic rings. The summed E-state index contributed by atoms with van der Waals surface area (Å²) in [5, 5.41) is 0. The number of hydrogen-bond donors (Lipinski definition) is 0. The molecule has 1 atom stereocenters. The molecule has 3 rings (SSSR count). The Bertz CT molecular complexity index is 747. The van der Waals surface area contributed by atoms with Gasteiger partial charge in [-0.1, -0.05) is 44.2 Å². The lowest BCUT2D eigenvalue weighted by molar-refractivity contribution is -0.131. The Kier molecular flexibility index (Phi) is 4.02. The maximum atomic E-state index is 12.7. The Morgan fingerprint density at radius 1 is 1.25 bits per heavy atom. The lowest BCUT2D eigenvalue weighted by atomic mass is 9.87. The van der Waals surface area contributed by atoms with E-state index in [0.717, 1.165) is 24.4 Å². The zero-order valence-electron chi connectivity index (χ0n) is 15.3. The second-order valence-electron chi connectivity index (χ2n) is 7.80. The van der Waals surface area contributed by atoms with Gasteiger partial charge in [0.1, 0.15) is 6.54 Å². The highest BCUT2D eigenvalue weighted by molar-refractivity contribution is 5.76. The topological polar surface area (TPSA) is 38.1 Å². The summed E-state index contributed by atoms with van der Waals surface area (Å²) in [6.45, 7) is 9.68. The quantitative estimate of drug-likeness (QED) is 0.846.